The van der Waals surface area contributed by atoms with Crippen LogP contribution in [0.25, 0.3) is 11.3 Å². The first kappa shape index (κ1) is 17.5. The zero-order chi connectivity index (χ0) is 18.0. The summed E-state index contributed by atoms with van der Waals surface area (Å²) in [4.78, 5) is 14.5. The number of nitrogens with zero attached hydrogens (tertiary/aromatic N) is 2. The Balaban J connectivity index is 1.84. The zero-order valence-electron chi connectivity index (χ0n) is 12.4. The molecule has 1 heterocycles. The first-order valence-corrected chi connectivity index (χ1v) is 8.11. The average molecular weight is 396 g/mol. The molecule has 0 unspecified atom stereocenters. The van der Waals surface area contributed by atoms with Crippen molar-refractivity contribution in [3.8, 4) is 11.3 Å². The summed E-state index contributed by atoms with van der Waals surface area (Å²) in [7, 11) is 0. The largest absolute Gasteiger partial charge is 0.455 e. The molecule has 0 spiro atoms. The monoisotopic (exact) mass is 394 g/mol. The van der Waals surface area contributed by atoms with E-state index in [2.05, 4.69) is 4.99 Å². The minimum Gasteiger partial charge on any atom is -0.455 e. The second-order valence-electron chi connectivity index (χ2n) is 4.98. The van der Waals surface area contributed by atoms with Crippen LogP contribution in [-0.2, 0) is 0 Å². The standard InChI is InChI=1S/C17H9Cl3N2O3/c18-14-5-1-10(7-16(14)20)21-9-12-3-6-17(25-12)13-4-2-11(22(23)24)8-15(13)19/h1-9H. The highest BCUT2D eigenvalue weighted by Crippen LogP contribution is 2.32. The number of nitro benzene ring substituents is 1. The van der Waals surface area contributed by atoms with E-state index in [4.69, 9.17) is 39.2 Å². The van der Waals surface area contributed by atoms with Crippen molar-refractivity contribution in [3.63, 3.8) is 0 Å². The molecule has 0 aliphatic carbocycles. The summed E-state index contributed by atoms with van der Waals surface area (Å²) in [6, 6.07) is 12.6. The van der Waals surface area contributed by atoms with Gasteiger partial charge in [-0.3, -0.25) is 15.1 Å². The van der Waals surface area contributed by atoms with Gasteiger partial charge in [-0.1, -0.05) is 34.8 Å². The van der Waals surface area contributed by atoms with E-state index in [0.29, 0.717) is 32.8 Å². The van der Waals surface area contributed by atoms with Crippen LogP contribution in [0.4, 0.5) is 11.4 Å². The van der Waals surface area contributed by atoms with E-state index < -0.39 is 4.92 Å². The van der Waals surface area contributed by atoms with E-state index in [1.54, 1.807) is 36.4 Å². The minimum atomic E-state index is -0.507. The number of aliphatic imine (C=N–C) groups is 1. The van der Waals surface area contributed by atoms with Crippen molar-refractivity contribution >= 4 is 52.4 Å². The molecule has 3 rings (SSSR count). The minimum absolute atomic E-state index is 0.0818. The number of non-ortho nitro benzene ring substituents is 1. The van der Waals surface area contributed by atoms with Gasteiger partial charge in [-0.15, -0.1) is 0 Å². The number of rotatable bonds is 4. The van der Waals surface area contributed by atoms with Gasteiger partial charge in [0, 0.05) is 17.7 Å². The summed E-state index contributed by atoms with van der Waals surface area (Å²) in [5, 5.41) is 11.9. The maximum Gasteiger partial charge on any atom is 0.270 e. The van der Waals surface area contributed by atoms with E-state index in [1.807, 2.05) is 0 Å². The van der Waals surface area contributed by atoms with Gasteiger partial charge in [-0.2, -0.15) is 0 Å². The molecule has 0 bridgehead atoms. The Kier molecular flexibility index (Phi) is 5.08. The third-order valence-electron chi connectivity index (χ3n) is 3.30. The Bertz CT molecular complexity index is 983. The number of furan rings is 1. The molecule has 0 fully saturated rings. The quantitative estimate of drug-likeness (QED) is 0.285. The summed E-state index contributed by atoms with van der Waals surface area (Å²) < 4.78 is 5.66. The Labute approximate surface area is 157 Å². The number of halogens is 3. The highest BCUT2D eigenvalue weighted by atomic mass is 35.5. The van der Waals surface area contributed by atoms with Gasteiger partial charge in [-0.25, -0.2) is 0 Å². The summed E-state index contributed by atoms with van der Waals surface area (Å²) in [6.45, 7) is 0. The molecule has 25 heavy (non-hydrogen) atoms. The van der Waals surface area contributed by atoms with Gasteiger partial charge >= 0.3 is 0 Å². The molecule has 0 radical (unpaired) electrons. The molecule has 0 atom stereocenters. The predicted molar refractivity (Wildman–Crippen MR) is 99.5 cm³/mol. The van der Waals surface area contributed by atoms with Crippen LogP contribution in [0, 0.1) is 10.1 Å². The zero-order valence-corrected chi connectivity index (χ0v) is 14.7. The third kappa shape index (κ3) is 4.02. The van der Waals surface area contributed by atoms with Crippen LogP contribution >= 0.6 is 34.8 Å². The molecule has 0 saturated carbocycles. The van der Waals surface area contributed by atoms with Crippen molar-refractivity contribution in [1.82, 2.24) is 0 Å². The summed E-state index contributed by atoms with van der Waals surface area (Å²) >= 11 is 17.9. The van der Waals surface area contributed by atoms with Crippen molar-refractivity contribution in [3.05, 3.63) is 79.5 Å². The number of hydrogen-bond donors (Lipinski definition) is 0. The highest BCUT2D eigenvalue weighted by Gasteiger charge is 2.13. The van der Waals surface area contributed by atoms with Gasteiger partial charge in [0.05, 0.1) is 31.9 Å². The average Bonchev–Trinajstić information content (AvgIpc) is 3.04. The lowest BCUT2D eigenvalue weighted by molar-refractivity contribution is -0.384. The molecule has 0 N–H and O–H groups in total. The number of hydrogen-bond acceptors (Lipinski definition) is 4. The van der Waals surface area contributed by atoms with Gasteiger partial charge in [0.2, 0.25) is 0 Å². The topological polar surface area (TPSA) is 68.6 Å². The molecular formula is C17H9Cl3N2O3. The lowest BCUT2D eigenvalue weighted by atomic mass is 10.1. The van der Waals surface area contributed by atoms with Crippen molar-refractivity contribution < 1.29 is 9.34 Å². The fourth-order valence-corrected chi connectivity index (χ4v) is 2.65. The first-order chi connectivity index (χ1) is 11.9. The molecule has 2 aromatic carbocycles. The summed E-state index contributed by atoms with van der Waals surface area (Å²) in [6.07, 6.45) is 1.53. The number of benzene rings is 2. The Hall–Kier alpha value is -2.34. The van der Waals surface area contributed by atoms with E-state index in [1.165, 1.54) is 18.3 Å². The van der Waals surface area contributed by atoms with Crippen LogP contribution in [0.3, 0.4) is 0 Å². The van der Waals surface area contributed by atoms with Crippen LogP contribution in [0.1, 0.15) is 5.76 Å². The molecule has 8 heteroatoms. The second kappa shape index (κ2) is 7.27. The molecule has 0 aliphatic rings. The Morgan fingerprint density at radius 3 is 2.44 bits per heavy atom. The van der Waals surface area contributed by atoms with E-state index in [-0.39, 0.29) is 10.7 Å². The van der Waals surface area contributed by atoms with Crippen LogP contribution in [0.15, 0.2) is 57.9 Å². The van der Waals surface area contributed by atoms with Crippen molar-refractivity contribution in [2.45, 2.75) is 0 Å². The lowest BCUT2D eigenvalue weighted by Crippen LogP contribution is -1.88. The molecule has 3 aromatic rings. The maximum atomic E-state index is 10.8. The lowest BCUT2D eigenvalue weighted by Gasteiger charge is -2.00. The van der Waals surface area contributed by atoms with E-state index in [0.717, 1.165) is 0 Å². The van der Waals surface area contributed by atoms with Gasteiger partial charge in [-0.05, 0) is 36.4 Å². The van der Waals surface area contributed by atoms with Gasteiger partial charge in [0.15, 0.2) is 0 Å². The fraction of sp³-hybridized carbons (Fsp3) is 0. The summed E-state index contributed by atoms with van der Waals surface area (Å²) in [5.74, 6) is 0.978. The Morgan fingerprint density at radius 2 is 1.76 bits per heavy atom. The van der Waals surface area contributed by atoms with E-state index in [9.17, 15) is 10.1 Å². The molecule has 0 saturated heterocycles. The normalized spacial score (nSPS) is 11.2. The smallest absolute Gasteiger partial charge is 0.270 e. The maximum absolute atomic E-state index is 10.8. The number of nitro groups is 1. The Morgan fingerprint density at radius 1 is 0.960 bits per heavy atom. The molecule has 126 valence electrons. The van der Waals surface area contributed by atoms with Crippen molar-refractivity contribution in [1.29, 1.82) is 0 Å². The van der Waals surface area contributed by atoms with Crippen LogP contribution in [0.2, 0.25) is 15.1 Å². The highest BCUT2D eigenvalue weighted by molar-refractivity contribution is 6.42. The molecule has 5 nitrogen and oxygen atoms in total. The van der Waals surface area contributed by atoms with Crippen LogP contribution in [0.5, 0.6) is 0 Å². The first-order valence-electron chi connectivity index (χ1n) is 6.97. The van der Waals surface area contributed by atoms with Gasteiger partial charge < -0.3 is 4.42 Å². The molecule has 1 aromatic heterocycles. The van der Waals surface area contributed by atoms with Crippen molar-refractivity contribution in [2.75, 3.05) is 0 Å². The third-order valence-corrected chi connectivity index (χ3v) is 4.35. The van der Waals surface area contributed by atoms with Crippen molar-refractivity contribution in [2.24, 2.45) is 4.99 Å². The van der Waals surface area contributed by atoms with Crippen LogP contribution in [-0.4, -0.2) is 11.1 Å². The second-order valence-corrected chi connectivity index (χ2v) is 6.20. The fourth-order valence-electron chi connectivity index (χ4n) is 2.09. The van der Waals surface area contributed by atoms with Crippen LogP contribution < -0.4 is 0 Å². The summed E-state index contributed by atoms with van der Waals surface area (Å²) in [5.41, 5.74) is 1.10. The van der Waals surface area contributed by atoms with Gasteiger partial charge in [0.1, 0.15) is 11.5 Å². The SMILES string of the molecule is O=[N+]([O-])c1ccc(-c2ccc(C=Nc3ccc(Cl)c(Cl)c3)o2)c(Cl)c1. The predicted octanol–water partition coefficient (Wildman–Crippen LogP) is 6.57. The molecular weight excluding hydrogens is 387 g/mol. The molecule has 0 aliphatic heterocycles. The molecule has 0 amide bonds. The van der Waals surface area contributed by atoms with E-state index >= 15 is 0 Å². The van der Waals surface area contributed by atoms with Gasteiger partial charge in [0.25, 0.3) is 5.69 Å².